The Balaban J connectivity index is 1.93. The Morgan fingerprint density at radius 1 is 1.22 bits per heavy atom. The van der Waals surface area contributed by atoms with E-state index in [1.54, 1.807) is 12.1 Å². The van der Waals surface area contributed by atoms with Gasteiger partial charge in [0.05, 0.1) is 10.0 Å². The molecule has 23 heavy (non-hydrogen) atoms. The lowest BCUT2D eigenvalue weighted by molar-refractivity contribution is -0.133. The summed E-state index contributed by atoms with van der Waals surface area (Å²) in [6.07, 6.45) is 3.49. The van der Waals surface area contributed by atoms with Gasteiger partial charge in [0.25, 0.3) is 5.91 Å². The summed E-state index contributed by atoms with van der Waals surface area (Å²) >= 11 is 13.1. The maximum atomic E-state index is 12.1. The molecule has 2 amide bonds. The van der Waals surface area contributed by atoms with Crippen LogP contribution in [0, 0.1) is 5.92 Å². The number of carbonyl (C=O) groups is 2. The number of thioether (sulfide) groups is 1. The van der Waals surface area contributed by atoms with E-state index in [1.165, 1.54) is 11.8 Å². The van der Waals surface area contributed by atoms with Gasteiger partial charge in [0.15, 0.2) is 5.17 Å². The number of carbonyl (C=O) groups excluding carboxylic acids is 2. The SMILES string of the molecule is CCCCCC1C(=O)N=C(SCc2ccc(Cl)c(Cl)c2)NC1=O. The Labute approximate surface area is 150 Å². The highest BCUT2D eigenvalue weighted by Crippen LogP contribution is 2.25. The van der Waals surface area contributed by atoms with Gasteiger partial charge in [-0.2, -0.15) is 4.99 Å². The van der Waals surface area contributed by atoms with E-state index in [9.17, 15) is 9.59 Å². The first-order chi connectivity index (χ1) is 11.0. The predicted molar refractivity (Wildman–Crippen MR) is 96.0 cm³/mol. The molecule has 1 heterocycles. The molecule has 1 aromatic rings. The van der Waals surface area contributed by atoms with Crippen molar-refractivity contribution in [3.05, 3.63) is 33.8 Å². The Morgan fingerprint density at radius 2 is 2.00 bits per heavy atom. The molecule has 1 aliphatic rings. The molecule has 0 aromatic heterocycles. The lowest BCUT2D eigenvalue weighted by Gasteiger charge is -2.19. The van der Waals surface area contributed by atoms with Crippen LogP contribution >= 0.6 is 35.0 Å². The minimum absolute atomic E-state index is 0.252. The quantitative estimate of drug-likeness (QED) is 0.593. The van der Waals surface area contributed by atoms with Crippen LogP contribution in [0.5, 0.6) is 0 Å². The molecule has 0 bridgehead atoms. The van der Waals surface area contributed by atoms with Crippen LogP contribution in [0.2, 0.25) is 10.0 Å². The minimum atomic E-state index is -0.643. The molecular formula is C16H18Cl2N2O2S. The van der Waals surface area contributed by atoms with Gasteiger partial charge in [-0.1, -0.05) is 67.2 Å². The number of aliphatic imine (C=N–C) groups is 1. The molecular weight excluding hydrogens is 355 g/mol. The third-order valence-corrected chi connectivity index (χ3v) is 5.20. The Kier molecular flexibility index (Phi) is 6.93. The van der Waals surface area contributed by atoms with Crippen molar-refractivity contribution in [1.29, 1.82) is 0 Å². The van der Waals surface area contributed by atoms with E-state index in [-0.39, 0.29) is 11.8 Å². The van der Waals surface area contributed by atoms with E-state index in [2.05, 4.69) is 17.2 Å². The fourth-order valence-corrected chi connectivity index (χ4v) is 3.34. The minimum Gasteiger partial charge on any atom is -0.304 e. The fourth-order valence-electron chi connectivity index (χ4n) is 2.21. The lowest BCUT2D eigenvalue weighted by Crippen LogP contribution is -2.42. The molecule has 1 N–H and O–H groups in total. The van der Waals surface area contributed by atoms with Gasteiger partial charge in [0, 0.05) is 5.75 Å². The summed E-state index contributed by atoms with van der Waals surface area (Å²) in [6, 6.07) is 5.33. The average Bonchev–Trinajstić information content (AvgIpc) is 2.51. The summed E-state index contributed by atoms with van der Waals surface area (Å²) < 4.78 is 0. The zero-order chi connectivity index (χ0) is 16.8. The first kappa shape index (κ1) is 18.3. The average molecular weight is 373 g/mol. The van der Waals surface area contributed by atoms with Gasteiger partial charge in [-0.3, -0.25) is 9.59 Å². The number of amides is 2. The topological polar surface area (TPSA) is 58.5 Å². The number of halogens is 2. The highest BCUT2D eigenvalue weighted by Gasteiger charge is 2.31. The summed E-state index contributed by atoms with van der Waals surface area (Å²) in [7, 11) is 0. The van der Waals surface area contributed by atoms with Crippen LogP contribution in [-0.2, 0) is 15.3 Å². The zero-order valence-corrected chi connectivity index (χ0v) is 15.1. The summed E-state index contributed by atoms with van der Waals surface area (Å²) in [6.45, 7) is 2.08. The molecule has 1 aliphatic heterocycles. The molecule has 1 aromatic carbocycles. The molecule has 1 unspecified atom stereocenters. The number of nitrogens with zero attached hydrogens (tertiary/aromatic N) is 1. The monoisotopic (exact) mass is 372 g/mol. The number of unbranched alkanes of at least 4 members (excludes halogenated alkanes) is 2. The molecule has 0 aliphatic carbocycles. The van der Waals surface area contributed by atoms with Crippen molar-refractivity contribution in [2.75, 3.05) is 0 Å². The normalized spacial score (nSPS) is 17.9. The summed E-state index contributed by atoms with van der Waals surface area (Å²) in [5.41, 5.74) is 0.943. The zero-order valence-electron chi connectivity index (χ0n) is 12.8. The largest absolute Gasteiger partial charge is 0.304 e. The van der Waals surface area contributed by atoms with E-state index in [4.69, 9.17) is 23.2 Å². The maximum Gasteiger partial charge on any atom is 0.260 e. The Bertz CT molecular complexity index is 635. The third-order valence-electron chi connectivity index (χ3n) is 3.51. The number of rotatable bonds is 6. The number of benzene rings is 1. The number of hydrogen-bond donors (Lipinski definition) is 1. The lowest BCUT2D eigenvalue weighted by atomic mass is 9.99. The van der Waals surface area contributed by atoms with E-state index in [1.807, 2.05) is 6.07 Å². The van der Waals surface area contributed by atoms with Gasteiger partial charge in [-0.05, 0) is 24.1 Å². The van der Waals surface area contributed by atoms with Crippen molar-refractivity contribution in [3.8, 4) is 0 Å². The van der Waals surface area contributed by atoms with Crippen molar-refractivity contribution >= 4 is 51.9 Å². The second-order valence-electron chi connectivity index (χ2n) is 5.33. The van der Waals surface area contributed by atoms with Crippen LogP contribution in [0.15, 0.2) is 23.2 Å². The predicted octanol–water partition coefficient (Wildman–Crippen LogP) is 4.44. The number of nitrogens with one attached hydrogen (secondary N) is 1. The standard InChI is InChI=1S/C16H18Cl2N2O2S/c1-2-3-4-5-11-14(21)19-16(20-15(11)22)23-9-10-6-7-12(17)13(18)8-10/h6-8,11H,2-5,9H2,1H3,(H,19,20,21,22). The second kappa shape index (κ2) is 8.71. The van der Waals surface area contributed by atoms with Crippen molar-refractivity contribution in [1.82, 2.24) is 5.32 Å². The Morgan fingerprint density at radius 3 is 2.65 bits per heavy atom. The molecule has 7 heteroatoms. The summed E-state index contributed by atoms with van der Waals surface area (Å²) in [5.74, 6) is -0.695. The smallest absolute Gasteiger partial charge is 0.260 e. The highest BCUT2D eigenvalue weighted by atomic mass is 35.5. The van der Waals surface area contributed by atoms with Crippen LogP contribution in [0.1, 0.15) is 38.2 Å². The summed E-state index contributed by atoms with van der Waals surface area (Å²) in [5, 5.41) is 4.03. The molecule has 0 radical (unpaired) electrons. The Hall–Kier alpha value is -1.04. The van der Waals surface area contributed by atoms with Crippen LogP contribution in [0.3, 0.4) is 0 Å². The molecule has 124 valence electrons. The van der Waals surface area contributed by atoms with Gasteiger partial charge in [0.1, 0.15) is 5.92 Å². The van der Waals surface area contributed by atoms with Gasteiger partial charge in [0.2, 0.25) is 5.91 Å². The van der Waals surface area contributed by atoms with Gasteiger partial charge in [-0.25, -0.2) is 0 Å². The van der Waals surface area contributed by atoms with Crippen LogP contribution in [-0.4, -0.2) is 17.0 Å². The first-order valence-electron chi connectivity index (χ1n) is 7.51. The molecule has 1 atom stereocenters. The third kappa shape index (κ3) is 5.23. The first-order valence-corrected chi connectivity index (χ1v) is 9.25. The molecule has 0 saturated carbocycles. The molecule has 0 fully saturated rings. The van der Waals surface area contributed by atoms with Gasteiger partial charge < -0.3 is 5.32 Å². The van der Waals surface area contributed by atoms with Crippen molar-refractivity contribution in [3.63, 3.8) is 0 Å². The van der Waals surface area contributed by atoms with E-state index < -0.39 is 5.92 Å². The maximum absolute atomic E-state index is 12.1. The number of amidine groups is 1. The highest BCUT2D eigenvalue weighted by molar-refractivity contribution is 8.13. The van der Waals surface area contributed by atoms with E-state index in [0.29, 0.717) is 27.4 Å². The van der Waals surface area contributed by atoms with Crippen LogP contribution < -0.4 is 5.32 Å². The van der Waals surface area contributed by atoms with Gasteiger partial charge in [-0.15, -0.1) is 0 Å². The van der Waals surface area contributed by atoms with Crippen molar-refractivity contribution in [2.45, 2.75) is 38.4 Å². The molecule has 0 spiro atoms. The van der Waals surface area contributed by atoms with E-state index in [0.717, 1.165) is 24.8 Å². The fraction of sp³-hybridized carbons (Fsp3) is 0.438. The second-order valence-corrected chi connectivity index (χ2v) is 7.11. The van der Waals surface area contributed by atoms with Crippen LogP contribution in [0.4, 0.5) is 0 Å². The molecule has 0 saturated heterocycles. The molecule has 4 nitrogen and oxygen atoms in total. The van der Waals surface area contributed by atoms with Crippen molar-refractivity contribution in [2.24, 2.45) is 10.9 Å². The molecule has 2 rings (SSSR count). The van der Waals surface area contributed by atoms with Gasteiger partial charge >= 0.3 is 0 Å². The summed E-state index contributed by atoms with van der Waals surface area (Å²) in [4.78, 5) is 28.1. The number of hydrogen-bond acceptors (Lipinski definition) is 3. The van der Waals surface area contributed by atoms with Crippen molar-refractivity contribution < 1.29 is 9.59 Å². The van der Waals surface area contributed by atoms with Crippen LogP contribution in [0.25, 0.3) is 0 Å². The van der Waals surface area contributed by atoms with E-state index >= 15 is 0 Å².